The van der Waals surface area contributed by atoms with Gasteiger partial charge in [0.25, 0.3) is 0 Å². The number of carbonyl (C=O) groups is 1. The lowest BCUT2D eigenvalue weighted by Crippen LogP contribution is -2.28. The molecule has 1 aromatic carbocycles. The van der Waals surface area contributed by atoms with E-state index in [0.717, 1.165) is 0 Å². The fraction of sp³-hybridized carbons (Fsp3) is 0.462. The third kappa shape index (κ3) is 3.45. The van der Waals surface area contributed by atoms with Gasteiger partial charge in [-0.1, -0.05) is 37.6 Å². The molecule has 0 aliphatic heterocycles. The van der Waals surface area contributed by atoms with Crippen molar-refractivity contribution in [2.24, 2.45) is 11.8 Å². The van der Waals surface area contributed by atoms with Crippen LogP contribution in [0.2, 0.25) is 5.02 Å². The Morgan fingerprint density at radius 2 is 1.82 bits per heavy atom. The van der Waals surface area contributed by atoms with Gasteiger partial charge in [0.05, 0.1) is 19.1 Å². The summed E-state index contributed by atoms with van der Waals surface area (Å²) in [6, 6.07) is 6.81. The van der Waals surface area contributed by atoms with E-state index in [4.69, 9.17) is 16.3 Å². The van der Waals surface area contributed by atoms with E-state index in [9.17, 15) is 9.90 Å². The van der Waals surface area contributed by atoms with Gasteiger partial charge in [-0.25, -0.2) is 0 Å². The highest BCUT2D eigenvalue weighted by Crippen LogP contribution is 2.29. The third-order valence-electron chi connectivity index (χ3n) is 2.74. The average molecular weight is 257 g/mol. The Labute approximate surface area is 106 Å². The van der Waals surface area contributed by atoms with Gasteiger partial charge < -0.3 is 9.84 Å². The Balaban J connectivity index is 2.95. The Kier molecular flexibility index (Phi) is 4.97. The number of halogens is 1. The van der Waals surface area contributed by atoms with Crippen molar-refractivity contribution in [1.82, 2.24) is 0 Å². The number of carbonyl (C=O) groups excluding carboxylic acids is 1. The van der Waals surface area contributed by atoms with Crippen LogP contribution in [0.15, 0.2) is 24.3 Å². The zero-order chi connectivity index (χ0) is 13.0. The van der Waals surface area contributed by atoms with Crippen LogP contribution in [0, 0.1) is 11.8 Å². The quantitative estimate of drug-likeness (QED) is 0.843. The summed E-state index contributed by atoms with van der Waals surface area (Å²) in [6.07, 6.45) is -0.875. The van der Waals surface area contributed by atoms with Crippen molar-refractivity contribution in [1.29, 1.82) is 0 Å². The van der Waals surface area contributed by atoms with Crippen LogP contribution in [0.1, 0.15) is 25.5 Å². The zero-order valence-electron chi connectivity index (χ0n) is 10.2. The summed E-state index contributed by atoms with van der Waals surface area (Å²) in [5.41, 5.74) is 0.665. The number of methoxy groups -OCH3 is 1. The molecule has 0 spiro atoms. The summed E-state index contributed by atoms with van der Waals surface area (Å²) in [4.78, 5) is 11.6. The molecule has 2 unspecified atom stereocenters. The first kappa shape index (κ1) is 14.0. The summed E-state index contributed by atoms with van der Waals surface area (Å²) >= 11 is 5.78. The van der Waals surface area contributed by atoms with Gasteiger partial charge in [-0.15, -0.1) is 0 Å². The molecule has 4 heteroatoms. The molecule has 0 amide bonds. The number of aliphatic hydroxyl groups is 1. The maximum Gasteiger partial charge on any atom is 0.311 e. The summed E-state index contributed by atoms with van der Waals surface area (Å²) in [7, 11) is 1.33. The molecule has 94 valence electrons. The van der Waals surface area contributed by atoms with Gasteiger partial charge in [-0.3, -0.25) is 4.79 Å². The molecule has 0 saturated carbocycles. The van der Waals surface area contributed by atoms with E-state index in [1.54, 1.807) is 24.3 Å². The molecule has 3 nitrogen and oxygen atoms in total. The van der Waals surface area contributed by atoms with E-state index in [1.807, 2.05) is 13.8 Å². The van der Waals surface area contributed by atoms with Crippen molar-refractivity contribution in [2.75, 3.05) is 7.11 Å². The SMILES string of the molecule is COC(=O)C(C(C)C)C(O)c1ccc(Cl)cc1. The second-order valence-electron chi connectivity index (χ2n) is 4.29. The van der Waals surface area contributed by atoms with Gasteiger partial charge >= 0.3 is 5.97 Å². The minimum Gasteiger partial charge on any atom is -0.469 e. The standard InChI is InChI=1S/C13H17ClO3/c1-8(2)11(13(16)17-3)12(15)9-4-6-10(14)7-5-9/h4-8,11-12,15H,1-3H3. The van der Waals surface area contributed by atoms with Crippen LogP contribution in [0.25, 0.3) is 0 Å². The van der Waals surface area contributed by atoms with Crippen molar-refractivity contribution < 1.29 is 14.6 Å². The van der Waals surface area contributed by atoms with Crippen LogP contribution in [0.4, 0.5) is 0 Å². The third-order valence-corrected chi connectivity index (χ3v) is 3.00. The van der Waals surface area contributed by atoms with Crippen LogP contribution < -0.4 is 0 Å². The molecule has 0 aliphatic carbocycles. The second kappa shape index (κ2) is 6.03. The molecule has 17 heavy (non-hydrogen) atoms. The number of aliphatic hydroxyl groups excluding tert-OH is 1. The molecule has 1 N–H and O–H groups in total. The lowest BCUT2D eigenvalue weighted by Gasteiger charge is -2.24. The predicted octanol–water partition coefficient (Wildman–Crippen LogP) is 2.82. The minimum atomic E-state index is -0.875. The van der Waals surface area contributed by atoms with Gasteiger partial charge in [0.2, 0.25) is 0 Å². The van der Waals surface area contributed by atoms with Gasteiger partial charge in [0.1, 0.15) is 0 Å². The fourth-order valence-electron chi connectivity index (χ4n) is 1.77. The first-order valence-electron chi connectivity index (χ1n) is 5.48. The largest absolute Gasteiger partial charge is 0.469 e. The Morgan fingerprint density at radius 1 is 1.29 bits per heavy atom. The van der Waals surface area contributed by atoms with E-state index < -0.39 is 18.0 Å². The normalized spacial score (nSPS) is 14.5. The summed E-state index contributed by atoms with van der Waals surface area (Å²) in [5, 5.41) is 10.8. The molecule has 2 atom stereocenters. The van der Waals surface area contributed by atoms with Crippen LogP contribution in [-0.4, -0.2) is 18.2 Å². The van der Waals surface area contributed by atoms with Crippen LogP contribution in [-0.2, 0) is 9.53 Å². The van der Waals surface area contributed by atoms with E-state index in [0.29, 0.717) is 10.6 Å². The zero-order valence-corrected chi connectivity index (χ0v) is 10.9. The molecule has 0 radical (unpaired) electrons. The predicted molar refractivity (Wildman–Crippen MR) is 66.8 cm³/mol. The Morgan fingerprint density at radius 3 is 2.24 bits per heavy atom. The summed E-state index contributed by atoms with van der Waals surface area (Å²) in [6.45, 7) is 3.75. The van der Waals surface area contributed by atoms with Crippen LogP contribution in [0.5, 0.6) is 0 Å². The van der Waals surface area contributed by atoms with E-state index in [2.05, 4.69) is 0 Å². The number of esters is 1. The first-order valence-corrected chi connectivity index (χ1v) is 5.86. The molecular formula is C13H17ClO3. The van der Waals surface area contributed by atoms with Crippen molar-refractivity contribution in [2.45, 2.75) is 20.0 Å². The molecule has 0 saturated heterocycles. The molecule has 0 fully saturated rings. The van der Waals surface area contributed by atoms with Gasteiger partial charge in [-0.05, 0) is 23.6 Å². The average Bonchev–Trinajstić information content (AvgIpc) is 2.29. The summed E-state index contributed by atoms with van der Waals surface area (Å²) in [5.74, 6) is -0.975. The summed E-state index contributed by atoms with van der Waals surface area (Å²) < 4.78 is 4.72. The molecule has 1 aromatic rings. The number of hydrogen-bond donors (Lipinski definition) is 1. The van der Waals surface area contributed by atoms with Crippen LogP contribution in [0.3, 0.4) is 0 Å². The smallest absolute Gasteiger partial charge is 0.311 e. The Bertz CT molecular complexity index is 373. The molecule has 0 aliphatic rings. The molecule has 0 aromatic heterocycles. The van der Waals surface area contributed by atoms with Gasteiger partial charge in [-0.2, -0.15) is 0 Å². The number of rotatable bonds is 4. The minimum absolute atomic E-state index is 0.00636. The van der Waals surface area contributed by atoms with Crippen LogP contribution >= 0.6 is 11.6 Å². The van der Waals surface area contributed by atoms with Gasteiger partial charge in [0.15, 0.2) is 0 Å². The fourth-order valence-corrected chi connectivity index (χ4v) is 1.90. The van der Waals surface area contributed by atoms with Crippen molar-refractivity contribution in [3.8, 4) is 0 Å². The van der Waals surface area contributed by atoms with Gasteiger partial charge in [0, 0.05) is 5.02 Å². The molecule has 1 rings (SSSR count). The topological polar surface area (TPSA) is 46.5 Å². The monoisotopic (exact) mass is 256 g/mol. The second-order valence-corrected chi connectivity index (χ2v) is 4.73. The first-order chi connectivity index (χ1) is 7.97. The highest BCUT2D eigenvalue weighted by molar-refractivity contribution is 6.30. The highest BCUT2D eigenvalue weighted by Gasteiger charge is 2.31. The molecule has 0 heterocycles. The number of hydrogen-bond acceptors (Lipinski definition) is 3. The maximum atomic E-state index is 11.6. The van der Waals surface area contributed by atoms with Crippen molar-refractivity contribution in [3.05, 3.63) is 34.9 Å². The molecule has 0 bridgehead atoms. The number of ether oxygens (including phenoxy) is 1. The lowest BCUT2D eigenvalue weighted by atomic mass is 9.86. The number of benzene rings is 1. The Hall–Kier alpha value is -1.06. The van der Waals surface area contributed by atoms with Crippen molar-refractivity contribution >= 4 is 17.6 Å². The van der Waals surface area contributed by atoms with E-state index in [-0.39, 0.29) is 5.92 Å². The molecular weight excluding hydrogens is 240 g/mol. The highest BCUT2D eigenvalue weighted by atomic mass is 35.5. The lowest BCUT2D eigenvalue weighted by molar-refractivity contribution is -0.152. The van der Waals surface area contributed by atoms with Crippen molar-refractivity contribution in [3.63, 3.8) is 0 Å². The maximum absolute atomic E-state index is 11.6. The van der Waals surface area contributed by atoms with E-state index in [1.165, 1.54) is 7.11 Å². The van der Waals surface area contributed by atoms with E-state index >= 15 is 0 Å².